The van der Waals surface area contributed by atoms with Gasteiger partial charge in [-0.25, -0.2) is 0 Å². The monoisotopic (exact) mass is 412 g/mol. The molecule has 1 saturated heterocycles. The fraction of sp³-hybridized carbons (Fsp3) is 0.750. The van der Waals surface area contributed by atoms with Crippen molar-refractivity contribution in [3.63, 3.8) is 0 Å². The van der Waals surface area contributed by atoms with Crippen molar-refractivity contribution >= 4 is 29.5 Å². The first-order chi connectivity index (χ1) is 13.1. The van der Waals surface area contributed by atoms with E-state index in [0.29, 0.717) is 19.3 Å². The molecule has 2 atom stereocenters. The van der Waals surface area contributed by atoms with Crippen LogP contribution < -0.4 is 11.1 Å². The number of nitrogens with one attached hydrogen (secondary N) is 1. The molecule has 0 aromatic rings. The van der Waals surface area contributed by atoms with Crippen molar-refractivity contribution in [2.45, 2.75) is 90.9 Å². The molecule has 9 heteroatoms. The number of hydrogen-bond acceptors (Lipinski definition) is 8. The number of ketones is 1. The maximum atomic E-state index is 12.9. The lowest BCUT2D eigenvalue weighted by atomic mass is 9.76. The van der Waals surface area contributed by atoms with Gasteiger partial charge < -0.3 is 15.2 Å². The van der Waals surface area contributed by atoms with Gasteiger partial charge in [0.25, 0.3) is 5.91 Å². The minimum Gasteiger partial charge on any atom is -0.460 e. The molecule has 0 saturated carbocycles. The number of unbranched alkanes of at least 4 members (excludes halogenated alkanes) is 2. The van der Waals surface area contributed by atoms with Gasteiger partial charge in [-0.1, -0.05) is 6.42 Å². The average Bonchev–Trinajstić information content (AvgIpc) is 2.73. The van der Waals surface area contributed by atoms with Crippen molar-refractivity contribution in [1.82, 2.24) is 5.32 Å². The molecule has 3 N–H and O–H groups in total. The summed E-state index contributed by atoms with van der Waals surface area (Å²) in [6.45, 7) is 10.1. The van der Waals surface area contributed by atoms with E-state index in [2.05, 4.69) is 0 Å². The van der Waals surface area contributed by atoms with Crippen LogP contribution >= 0.6 is 0 Å². The van der Waals surface area contributed by atoms with Gasteiger partial charge in [-0.2, -0.15) is 0 Å². The summed E-state index contributed by atoms with van der Waals surface area (Å²) in [6, 6.07) is -1.64. The molecule has 0 bridgehead atoms. The molecule has 1 aliphatic heterocycles. The van der Waals surface area contributed by atoms with Gasteiger partial charge in [-0.15, -0.1) is 0 Å². The lowest BCUT2D eigenvalue weighted by molar-refractivity contribution is -0.173. The Balaban J connectivity index is 2.75. The second-order valence-corrected chi connectivity index (χ2v) is 9.18. The summed E-state index contributed by atoms with van der Waals surface area (Å²) in [5.74, 6) is -4.17. The predicted octanol–water partition coefficient (Wildman–Crippen LogP) is 1.16. The number of amides is 2. The summed E-state index contributed by atoms with van der Waals surface area (Å²) in [6.07, 6.45) is 1.35. The Kier molecular flexibility index (Phi) is 7.70. The topological polar surface area (TPSA) is 142 Å². The average molecular weight is 412 g/mol. The van der Waals surface area contributed by atoms with E-state index in [9.17, 15) is 24.0 Å². The molecule has 29 heavy (non-hydrogen) atoms. The first-order valence-corrected chi connectivity index (χ1v) is 9.70. The van der Waals surface area contributed by atoms with E-state index in [1.807, 2.05) is 5.32 Å². The van der Waals surface area contributed by atoms with Crippen LogP contribution in [0.15, 0.2) is 0 Å². The van der Waals surface area contributed by atoms with E-state index < -0.39 is 46.2 Å². The van der Waals surface area contributed by atoms with Crippen molar-refractivity contribution < 1.29 is 33.4 Å². The maximum Gasteiger partial charge on any atom is 0.332 e. The summed E-state index contributed by atoms with van der Waals surface area (Å²) in [7, 11) is 0. The van der Waals surface area contributed by atoms with Crippen LogP contribution in [-0.2, 0) is 33.4 Å². The molecular formula is C20H32N2O7. The Morgan fingerprint density at radius 2 is 1.45 bits per heavy atom. The third-order valence-electron chi connectivity index (χ3n) is 4.21. The molecule has 164 valence electrons. The second-order valence-electron chi connectivity index (χ2n) is 9.18. The number of carbonyl (C=O) groups is 5. The third-order valence-corrected chi connectivity index (χ3v) is 4.21. The van der Waals surface area contributed by atoms with Gasteiger partial charge >= 0.3 is 11.9 Å². The van der Waals surface area contributed by atoms with Crippen molar-refractivity contribution in [2.24, 2.45) is 11.1 Å². The summed E-state index contributed by atoms with van der Waals surface area (Å²) < 4.78 is 10.4. The lowest BCUT2D eigenvalue weighted by Gasteiger charge is -2.30. The third kappa shape index (κ3) is 6.35. The van der Waals surface area contributed by atoms with E-state index in [4.69, 9.17) is 15.2 Å². The zero-order valence-corrected chi connectivity index (χ0v) is 18.0. The number of hydrogen-bond donors (Lipinski definition) is 2. The normalized spacial score (nSPS) is 22.2. The number of rotatable bonds is 8. The molecule has 2 amide bonds. The predicted molar refractivity (Wildman–Crippen MR) is 103 cm³/mol. The molecule has 1 fully saturated rings. The first kappa shape index (κ1) is 24.7. The van der Waals surface area contributed by atoms with Gasteiger partial charge in [0.1, 0.15) is 17.2 Å². The minimum atomic E-state index is -2.38. The van der Waals surface area contributed by atoms with Crippen molar-refractivity contribution in [1.29, 1.82) is 0 Å². The number of imide groups is 1. The van der Waals surface area contributed by atoms with Gasteiger partial charge in [0.05, 0.1) is 0 Å². The van der Waals surface area contributed by atoms with Gasteiger partial charge in [-0.3, -0.25) is 29.3 Å². The fourth-order valence-corrected chi connectivity index (χ4v) is 2.94. The number of esters is 2. The maximum absolute atomic E-state index is 12.9. The first-order valence-electron chi connectivity index (χ1n) is 9.70. The van der Waals surface area contributed by atoms with Crippen LogP contribution in [0.4, 0.5) is 0 Å². The summed E-state index contributed by atoms with van der Waals surface area (Å²) in [5.41, 5.74) is 1.87. The van der Waals surface area contributed by atoms with Crippen LogP contribution in [0.25, 0.3) is 0 Å². The number of ether oxygens (including phenoxy) is 2. The Morgan fingerprint density at radius 3 is 1.90 bits per heavy atom. The zero-order chi connectivity index (χ0) is 22.6. The molecular weight excluding hydrogens is 380 g/mol. The fourth-order valence-electron chi connectivity index (χ4n) is 2.94. The Hall–Kier alpha value is -2.29. The number of nitrogens with two attached hydrogens (primary N) is 1. The van der Waals surface area contributed by atoms with Gasteiger partial charge in [0.2, 0.25) is 11.3 Å². The number of carbonyl (C=O) groups excluding carboxylic acids is 5. The van der Waals surface area contributed by atoms with Crippen LogP contribution in [0.3, 0.4) is 0 Å². The lowest BCUT2D eigenvalue weighted by Crippen LogP contribution is -2.57. The quantitative estimate of drug-likeness (QED) is 0.262. The highest BCUT2D eigenvalue weighted by Gasteiger charge is 2.65. The van der Waals surface area contributed by atoms with E-state index in [0.717, 1.165) is 0 Å². The van der Waals surface area contributed by atoms with Gasteiger partial charge in [0, 0.05) is 12.8 Å². The van der Waals surface area contributed by atoms with Gasteiger partial charge in [-0.05, 0) is 54.4 Å². The minimum absolute atomic E-state index is 0.151. The van der Waals surface area contributed by atoms with Crippen molar-refractivity contribution in [3.8, 4) is 0 Å². The van der Waals surface area contributed by atoms with Crippen LogP contribution in [0.2, 0.25) is 0 Å². The largest absolute Gasteiger partial charge is 0.460 e. The van der Waals surface area contributed by atoms with E-state index in [-0.39, 0.29) is 18.8 Å². The highest BCUT2D eigenvalue weighted by Crippen LogP contribution is 2.33. The molecule has 1 heterocycles. The highest BCUT2D eigenvalue weighted by atomic mass is 16.6. The van der Waals surface area contributed by atoms with Crippen LogP contribution in [-0.4, -0.2) is 46.8 Å². The number of Topliss-reactive ketones (excluding diaryl/α,β-unsaturated/α-hetero) is 1. The molecule has 0 radical (unpaired) electrons. The smallest absolute Gasteiger partial charge is 0.332 e. The Bertz CT molecular complexity index is 688. The Morgan fingerprint density at radius 1 is 0.931 bits per heavy atom. The molecule has 0 aromatic heterocycles. The summed E-state index contributed by atoms with van der Waals surface area (Å²) >= 11 is 0. The van der Waals surface area contributed by atoms with E-state index in [1.165, 1.54) is 0 Å². The van der Waals surface area contributed by atoms with Crippen LogP contribution in [0.1, 0.15) is 73.6 Å². The van der Waals surface area contributed by atoms with Crippen molar-refractivity contribution in [2.75, 3.05) is 0 Å². The molecule has 1 rings (SSSR count). The van der Waals surface area contributed by atoms with Gasteiger partial charge in [0.15, 0.2) is 5.78 Å². The van der Waals surface area contributed by atoms with Crippen LogP contribution in [0.5, 0.6) is 0 Å². The SMILES string of the molecule is CC(C)(C)OC(=O)CCCCCC(=O)[C@]1(C(=O)OC(C)(C)C)C(=O)NC(=O)C1N. The molecule has 1 aliphatic rings. The molecule has 0 aliphatic carbocycles. The van der Waals surface area contributed by atoms with Crippen LogP contribution in [0, 0.1) is 5.41 Å². The molecule has 9 nitrogen and oxygen atoms in total. The highest BCUT2D eigenvalue weighted by molar-refractivity contribution is 6.31. The van der Waals surface area contributed by atoms with E-state index >= 15 is 0 Å². The molecule has 0 aromatic carbocycles. The van der Waals surface area contributed by atoms with Crippen molar-refractivity contribution in [3.05, 3.63) is 0 Å². The molecule has 0 spiro atoms. The molecule has 1 unspecified atom stereocenters. The standard InChI is InChI=1S/C20H32N2O7/c1-18(2,3)28-13(24)11-9-7-8-10-12(23)20(17(27)29-19(4,5)6)14(21)15(25)22-16(20)26/h14H,7-11,21H2,1-6H3,(H,22,25,26)/t14?,20-/m1/s1. The zero-order valence-electron chi connectivity index (χ0n) is 18.0. The Labute approximate surface area is 171 Å². The van der Waals surface area contributed by atoms with E-state index in [1.54, 1.807) is 41.5 Å². The second kappa shape index (κ2) is 9.02. The summed E-state index contributed by atoms with van der Waals surface area (Å²) in [5, 5.41) is 1.96. The summed E-state index contributed by atoms with van der Waals surface area (Å²) in [4.78, 5) is 61.5.